The Kier molecular flexibility index (Phi) is 2.50. The molecule has 3 nitrogen and oxygen atoms in total. The molecule has 0 aliphatic heterocycles. The van der Waals surface area contributed by atoms with E-state index in [-0.39, 0.29) is 0 Å². The van der Waals surface area contributed by atoms with E-state index in [9.17, 15) is 0 Å². The van der Waals surface area contributed by atoms with E-state index in [0.717, 1.165) is 44.5 Å². The molecular weight excluding hydrogens is 286 g/mol. The van der Waals surface area contributed by atoms with Crippen LogP contribution >= 0.6 is 0 Å². The molecule has 3 heteroatoms. The summed E-state index contributed by atoms with van der Waals surface area (Å²) in [5.41, 5.74) is 5.23. The molecule has 0 radical (unpaired) electrons. The van der Waals surface area contributed by atoms with Crippen molar-refractivity contribution < 1.29 is 8.83 Å². The van der Waals surface area contributed by atoms with Crippen molar-refractivity contribution in [2.24, 2.45) is 0 Å². The van der Waals surface area contributed by atoms with Gasteiger partial charge in [-0.05, 0) is 36.4 Å². The van der Waals surface area contributed by atoms with Gasteiger partial charge in [0.2, 0.25) is 0 Å². The fourth-order valence-corrected chi connectivity index (χ4v) is 3.00. The molecule has 0 saturated heterocycles. The first-order valence-electron chi connectivity index (χ1n) is 7.55. The Bertz CT molecular complexity index is 1140. The van der Waals surface area contributed by atoms with Crippen LogP contribution in [-0.4, -0.2) is 0 Å². The van der Waals surface area contributed by atoms with Crippen LogP contribution in [0.1, 0.15) is 0 Å². The molecular formula is C20H13NO2. The molecule has 2 heterocycles. The van der Waals surface area contributed by atoms with Crippen molar-refractivity contribution in [3.8, 4) is 0 Å². The number of benzene rings is 3. The lowest BCUT2D eigenvalue weighted by Gasteiger charge is -2.06. The Morgan fingerprint density at radius 3 is 2.22 bits per heavy atom. The van der Waals surface area contributed by atoms with Gasteiger partial charge in [-0.3, -0.25) is 0 Å². The third kappa shape index (κ3) is 1.83. The van der Waals surface area contributed by atoms with Gasteiger partial charge in [-0.25, -0.2) is 0 Å². The van der Waals surface area contributed by atoms with Gasteiger partial charge in [0, 0.05) is 5.69 Å². The molecule has 23 heavy (non-hydrogen) atoms. The summed E-state index contributed by atoms with van der Waals surface area (Å²) in [6.07, 6.45) is 0. The van der Waals surface area contributed by atoms with Crippen LogP contribution in [0.25, 0.3) is 33.1 Å². The Hall–Kier alpha value is -3.20. The zero-order valence-corrected chi connectivity index (χ0v) is 12.2. The molecule has 0 bridgehead atoms. The van der Waals surface area contributed by atoms with Crippen molar-refractivity contribution in [2.45, 2.75) is 0 Å². The number of fused-ring (bicyclic) bond motifs is 5. The minimum absolute atomic E-state index is 0.804. The molecule has 3 aromatic carbocycles. The average molecular weight is 299 g/mol. The summed E-state index contributed by atoms with van der Waals surface area (Å²) in [6.45, 7) is 0. The molecule has 0 fully saturated rings. The Morgan fingerprint density at radius 1 is 0.565 bits per heavy atom. The quantitative estimate of drug-likeness (QED) is 0.429. The second-order valence-electron chi connectivity index (χ2n) is 5.53. The summed E-state index contributed by atoms with van der Waals surface area (Å²) in [5.74, 6) is 0. The van der Waals surface area contributed by atoms with Crippen molar-refractivity contribution in [3.63, 3.8) is 0 Å². The molecule has 0 amide bonds. The van der Waals surface area contributed by atoms with E-state index in [1.807, 2.05) is 72.8 Å². The van der Waals surface area contributed by atoms with Crippen molar-refractivity contribution in [3.05, 3.63) is 72.8 Å². The zero-order valence-electron chi connectivity index (χ0n) is 12.2. The molecule has 5 aromatic rings. The zero-order chi connectivity index (χ0) is 15.2. The molecule has 5 rings (SSSR count). The van der Waals surface area contributed by atoms with E-state index in [1.165, 1.54) is 0 Å². The normalized spacial score (nSPS) is 11.5. The van der Waals surface area contributed by atoms with Crippen LogP contribution in [0.4, 0.5) is 11.4 Å². The van der Waals surface area contributed by atoms with Crippen LogP contribution in [0.5, 0.6) is 0 Å². The molecule has 0 saturated carbocycles. The SMILES string of the molecule is c1ccc(Nc2cccc3c2oc2c4ccccc4oc32)cc1. The van der Waals surface area contributed by atoms with Crippen molar-refractivity contribution >= 4 is 44.5 Å². The third-order valence-electron chi connectivity index (χ3n) is 4.07. The van der Waals surface area contributed by atoms with Gasteiger partial charge in [0.15, 0.2) is 16.7 Å². The molecule has 0 atom stereocenters. The maximum atomic E-state index is 6.15. The maximum absolute atomic E-state index is 6.15. The number of para-hydroxylation sites is 3. The van der Waals surface area contributed by atoms with Crippen molar-refractivity contribution in [1.29, 1.82) is 0 Å². The van der Waals surface area contributed by atoms with Crippen molar-refractivity contribution in [2.75, 3.05) is 5.32 Å². The summed E-state index contributed by atoms with van der Waals surface area (Å²) in [6, 6.07) is 24.1. The highest BCUT2D eigenvalue weighted by Gasteiger charge is 2.17. The molecule has 1 N–H and O–H groups in total. The first kappa shape index (κ1) is 12.4. The monoisotopic (exact) mass is 299 g/mol. The fraction of sp³-hybridized carbons (Fsp3) is 0. The Balaban J connectivity index is 1.76. The number of nitrogens with one attached hydrogen (secondary N) is 1. The van der Waals surface area contributed by atoms with Crippen LogP contribution in [-0.2, 0) is 0 Å². The highest BCUT2D eigenvalue weighted by Crippen LogP contribution is 2.39. The van der Waals surface area contributed by atoms with Crippen LogP contribution in [0.15, 0.2) is 81.6 Å². The third-order valence-corrected chi connectivity index (χ3v) is 4.07. The lowest BCUT2D eigenvalue weighted by Crippen LogP contribution is -1.89. The smallest absolute Gasteiger partial charge is 0.181 e. The largest absolute Gasteiger partial charge is 0.452 e. The highest BCUT2D eigenvalue weighted by molar-refractivity contribution is 6.14. The van der Waals surface area contributed by atoms with Gasteiger partial charge in [0.25, 0.3) is 0 Å². The van der Waals surface area contributed by atoms with Crippen molar-refractivity contribution in [1.82, 2.24) is 0 Å². The summed E-state index contributed by atoms with van der Waals surface area (Å²) < 4.78 is 12.1. The van der Waals surface area contributed by atoms with Gasteiger partial charge in [0.1, 0.15) is 5.58 Å². The predicted molar refractivity (Wildman–Crippen MR) is 93.2 cm³/mol. The average Bonchev–Trinajstić information content (AvgIpc) is 3.13. The van der Waals surface area contributed by atoms with Gasteiger partial charge in [-0.2, -0.15) is 0 Å². The van der Waals surface area contributed by atoms with Crippen LogP contribution < -0.4 is 5.32 Å². The second kappa shape index (κ2) is 4.65. The molecule has 0 aliphatic rings. The summed E-state index contributed by atoms with van der Waals surface area (Å²) in [7, 11) is 0. The predicted octanol–water partition coefficient (Wildman–Crippen LogP) is 6.08. The lowest BCUT2D eigenvalue weighted by atomic mass is 10.2. The van der Waals surface area contributed by atoms with Gasteiger partial charge in [-0.15, -0.1) is 0 Å². The van der Waals surface area contributed by atoms with Gasteiger partial charge in [0.05, 0.1) is 16.5 Å². The minimum atomic E-state index is 0.804. The first-order valence-corrected chi connectivity index (χ1v) is 7.55. The van der Waals surface area contributed by atoms with E-state index in [0.29, 0.717) is 0 Å². The highest BCUT2D eigenvalue weighted by atomic mass is 16.4. The van der Waals surface area contributed by atoms with E-state index in [1.54, 1.807) is 0 Å². The molecule has 110 valence electrons. The number of hydrogen-bond acceptors (Lipinski definition) is 3. The molecule has 2 aromatic heterocycles. The standard InChI is InChI=1S/C20H13NO2/c1-2-7-13(8-3-1)21-16-11-6-10-15-18(16)23-19-14-9-4-5-12-17(14)22-20(15)19/h1-12,21H. The Morgan fingerprint density at radius 2 is 1.30 bits per heavy atom. The summed E-state index contributed by atoms with van der Waals surface area (Å²) >= 11 is 0. The minimum Gasteiger partial charge on any atom is -0.452 e. The second-order valence-corrected chi connectivity index (χ2v) is 5.53. The van der Waals surface area contributed by atoms with E-state index in [4.69, 9.17) is 8.83 Å². The number of furan rings is 2. The topological polar surface area (TPSA) is 38.3 Å². The van der Waals surface area contributed by atoms with Crippen LogP contribution in [0.3, 0.4) is 0 Å². The first-order chi connectivity index (χ1) is 11.4. The summed E-state index contributed by atoms with van der Waals surface area (Å²) in [4.78, 5) is 0. The van der Waals surface area contributed by atoms with Gasteiger partial charge in [-0.1, -0.05) is 36.4 Å². The van der Waals surface area contributed by atoms with E-state index in [2.05, 4.69) is 5.32 Å². The maximum Gasteiger partial charge on any atom is 0.181 e. The van der Waals surface area contributed by atoms with Crippen LogP contribution in [0, 0.1) is 0 Å². The van der Waals surface area contributed by atoms with Crippen LogP contribution in [0.2, 0.25) is 0 Å². The van der Waals surface area contributed by atoms with Gasteiger partial charge < -0.3 is 14.2 Å². The number of anilines is 2. The molecule has 0 aliphatic carbocycles. The number of hydrogen-bond donors (Lipinski definition) is 1. The molecule has 0 spiro atoms. The van der Waals surface area contributed by atoms with E-state index < -0.39 is 0 Å². The molecule has 0 unspecified atom stereocenters. The Labute approximate surface area is 132 Å². The number of rotatable bonds is 2. The fourth-order valence-electron chi connectivity index (χ4n) is 3.00. The summed E-state index contributed by atoms with van der Waals surface area (Å²) in [5, 5.41) is 5.40. The lowest BCUT2D eigenvalue weighted by molar-refractivity contribution is 0.653. The van der Waals surface area contributed by atoms with E-state index >= 15 is 0 Å². The van der Waals surface area contributed by atoms with Gasteiger partial charge >= 0.3 is 0 Å².